The maximum absolute atomic E-state index is 10.6. The van der Waals surface area contributed by atoms with E-state index < -0.39 is 49.5 Å². The number of benzene rings is 1. The molecule has 51 heavy (non-hydrogen) atoms. The van der Waals surface area contributed by atoms with Crippen LogP contribution in [0.4, 0.5) is 0 Å². The van der Waals surface area contributed by atoms with Gasteiger partial charge in [-0.2, -0.15) is 0 Å². The van der Waals surface area contributed by atoms with Gasteiger partial charge in [-0.05, 0) is 54.9 Å². The standard InChI is InChI=1S/C11H22O.C8H8O.C6H12O5.C6H12O4.C3H6O2.C3H6O/c1-3-4-5-6-7-8-9-10-11(2)12;1-7(9)8-5-3-2-4-6-8;1-3(8)5(10)6(11)4(9)2-7;1-4(8)2-5(9)6(10)3-7;1-3(5)2-4;1-3(2)4/h3-10H2,1-2H3;2-6H,1H3;4-7,9-11H,2H2,1H3;5-7,9-10H,2-3H2,1H3;4H,2H2,1H3;1-2H3. The van der Waals surface area contributed by atoms with E-state index in [0.717, 1.165) is 25.3 Å². The second kappa shape index (κ2) is 39.7. The summed E-state index contributed by atoms with van der Waals surface area (Å²) in [6.45, 7) is 10.7. The maximum Gasteiger partial charge on any atom is 0.160 e. The van der Waals surface area contributed by atoms with Crippen LogP contribution in [0.1, 0.15) is 124 Å². The first-order valence-electron chi connectivity index (χ1n) is 16.9. The Morgan fingerprint density at radius 3 is 1.27 bits per heavy atom. The Hall–Kier alpha value is -3.08. The minimum Gasteiger partial charge on any atom is -0.394 e. The number of Topliss-reactive ketones (excluding diaryl/α,β-unsaturated/α-hetero) is 6. The van der Waals surface area contributed by atoms with Gasteiger partial charge in [0.15, 0.2) is 17.3 Å². The molecule has 0 aliphatic heterocycles. The molecule has 1 aromatic rings. The van der Waals surface area contributed by atoms with Crippen LogP contribution in [0.3, 0.4) is 0 Å². The second-order valence-corrected chi connectivity index (χ2v) is 11.8. The third kappa shape index (κ3) is 49.1. The van der Waals surface area contributed by atoms with E-state index in [1.165, 1.54) is 66.2 Å². The quantitative estimate of drug-likeness (QED) is 0.0793. The number of carbonyl (C=O) groups is 6. The number of hydrogen-bond donors (Lipinski definition) is 8. The summed E-state index contributed by atoms with van der Waals surface area (Å²) in [6.07, 6.45) is 2.67. The average molecular weight is 735 g/mol. The van der Waals surface area contributed by atoms with E-state index in [2.05, 4.69) is 6.92 Å². The minimum atomic E-state index is -1.63. The Labute approximate surface area is 303 Å². The molecule has 0 aliphatic carbocycles. The first kappa shape index (κ1) is 57.3. The SMILES string of the molecule is CC(=O)C(O)C(O)C(O)CO.CC(=O)CC(O)C(O)CO.CC(=O)CO.CC(=O)c1ccccc1.CC(C)=O.CCCCCCCCCC(C)=O. The molecular formula is C37H66O14. The van der Waals surface area contributed by atoms with Crippen molar-refractivity contribution in [3.05, 3.63) is 35.9 Å². The summed E-state index contributed by atoms with van der Waals surface area (Å²) < 4.78 is 0. The smallest absolute Gasteiger partial charge is 0.160 e. The van der Waals surface area contributed by atoms with E-state index in [1.807, 2.05) is 30.3 Å². The fourth-order valence-electron chi connectivity index (χ4n) is 3.12. The van der Waals surface area contributed by atoms with Crippen LogP contribution in [0, 0.1) is 0 Å². The fourth-order valence-corrected chi connectivity index (χ4v) is 3.12. The highest BCUT2D eigenvalue weighted by Crippen LogP contribution is 2.08. The number of carbonyl (C=O) groups excluding carboxylic acids is 6. The molecule has 298 valence electrons. The lowest BCUT2D eigenvalue weighted by Gasteiger charge is -2.18. The van der Waals surface area contributed by atoms with Gasteiger partial charge in [-0.1, -0.05) is 75.8 Å². The Morgan fingerprint density at radius 1 is 0.569 bits per heavy atom. The van der Waals surface area contributed by atoms with Crippen molar-refractivity contribution in [2.45, 2.75) is 144 Å². The molecule has 0 aliphatic rings. The third-order valence-corrected chi connectivity index (χ3v) is 5.98. The van der Waals surface area contributed by atoms with Crippen molar-refractivity contribution >= 4 is 34.7 Å². The number of rotatable bonds is 18. The van der Waals surface area contributed by atoms with Gasteiger partial charge in [-0.3, -0.25) is 19.2 Å². The minimum absolute atomic E-state index is 0.109. The van der Waals surface area contributed by atoms with Gasteiger partial charge in [0.2, 0.25) is 0 Å². The second-order valence-electron chi connectivity index (χ2n) is 11.8. The Morgan fingerprint density at radius 2 is 0.980 bits per heavy atom. The number of aliphatic hydroxyl groups excluding tert-OH is 8. The van der Waals surface area contributed by atoms with Crippen LogP contribution in [0.25, 0.3) is 0 Å². The lowest BCUT2D eigenvalue weighted by molar-refractivity contribution is -0.138. The molecule has 0 saturated heterocycles. The van der Waals surface area contributed by atoms with Crippen LogP contribution in [0.15, 0.2) is 30.3 Å². The van der Waals surface area contributed by atoms with Crippen molar-refractivity contribution in [1.29, 1.82) is 0 Å². The van der Waals surface area contributed by atoms with Crippen LogP contribution in [0.5, 0.6) is 0 Å². The van der Waals surface area contributed by atoms with E-state index in [1.54, 1.807) is 13.8 Å². The van der Waals surface area contributed by atoms with Crippen LogP contribution < -0.4 is 0 Å². The van der Waals surface area contributed by atoms with Gasteiger partial charge in [0.1, 0.15) is 48.4 Å². The highest BCUT2D eigenvalue weighted by Gasteiger charge is 2.27. The summed E-state index contributed by atoms with van der Waals surface area (Å²) in [5, 5.41) is 68.4. The number of aliphatic hydroxyl groups is 8. The van der Waals surface area contributed by atoms with Gasteiger partial charge in [0.05, 0.1) is 19.3 Å². The van der Waals surface area contributed by atoms with Crippen molar-refractivity contribution in [1.82, 2.24) is 0 Å². The van der Waals surface area contributed by atoms with E-state index in [9.17, 15) is 28.8 Å². The number of hydrogen-bond acceptors (Lipinski definition) is 14. The molecule has 5 unspecified atom stereocenters. The zero-order valence-electron chi connectivity index (χ0n) is 31.8. The van der Waals surface area contributed by atoms with Crippen molar-refractivity contribution in [3.8, 4) is 0 Å². The lowest BCUT2D eigenvalue weighted by atomic mass is 10.1. The molecule has 14 nitrogen and oxygen atoms in total. The molecule has 0 radical (unpaired) electrons. The molecule has 5 atom stereocenters. The van der Waals surface area contributed by atoms with Gasteiger partial charge < -0.3 is 50.4 Å². The van der Waals surface area contributed by atoms with Gasteiger partial charge in [-0.15, -0.1) is 0 Å². The summed E-state index contributed by atoms with van der Waals surface area (Å²) in [5.74, 6) is -0.422. The summed E-state index contributed by atoms with van der Waals surface area (Å²) in [6, 6.07) is 9.23. The topological polar surface area (TPSA) is 264 Å². The van der Waals surface area contributed by atoms with Gasteiger partial charge in [-0.25, -0.2) is 0 Å². The summed E-state index contributed by atoms with van der Waals surface area (Å²) in [7, 11) is 0. The third-order valence-electron chi connectivity index (χ3n) is 5.98. The molecule has 0 heterocycles. The highest BCUT2D eigenvalue weighted by molar-refractivity contribution is 5.93. The molecule has 0 bridgehead atoms. The number of ketones is 6. The summed E-state index contributed by atoms with van der Waals surface area (Å²) >= 11 is 0. The summed E-state index contributed by atoms with van der Waals surface area (Å²) in [4.78, 5) is 61.0. The van der Waals surface area contributed by atoms with Gasteiger partial charge in [0, 0.05) is 18.4 Å². The molecule has 0 fully saturated rings. The van der Waals surface area contributed by atoms with Crippen molar-refractivity contribution in [2.75, 3.05) is 19.8 Å². The molecule has 14 heteroatoms. The van der Waals surface area contributed by atoms with Gasteiger partial charge >= 0.3 is 0 Å². The van der Waals surface area contributed by atoms with E-state index in [0.29, 0.717) is 5.78 Å². The Balaban J connectivity index is -0.000000171. The summed E-state index contributed by atoms with van der Waals surface area (Å²) in [5.41, 5.74) is 0.775. The lowest BCUT2D eigenvalue weighted by Crippen LogP contribution is -2.42. The Bertz CT molecular complexity index is 1030. The van der Waals surface area contributed by atoms with Crippen LogP contribution >= 0.6 is 0 Å². The van der Waals surface area contributed by atoms with Crippen molar-refractivity contribution in [2.24, 2.45) is 0 Å². The molecule has 0 spiro atoms. The van der Waals surface area contributed by atoms with Crippen LogP contribution in [-0.2, 0) is 24.0 Å². The maximum atomic E-state index is 10.6. The molecule has 0 amide bonds. The molecule has 8 N–H and O–H groups in total. The molecule has 1 aromatic carbocycles. The van der Waals surface area contributed by atoms with Crippen molar-refractivity contribution in [3.63, 3.8) is 0 Å². The van der Waals surface area contributed by atoms with E-state index in [-0.39, 0.29) is 36.2 Å². The highest BCUT2D eigenvalue weighted by atomic mass is 16.4. The average Bonchev–Trinajstić information content (AvgIpc) is 3.07. The molecule has 0 saturated carbocycles. The number of unbranched alkanes of at least 4 members (excludes halogenated alkanes) is 6. The zero-order valence-corrected chi connectivity index (χ0v) is 31.8. The normalized spacial score (nSPS) is 12.5. The largest absolute Gasteiger partial charge is 0.394 e. The van der Waals surface area contributed by atoms with Gasteiger partial charge in [0.25, 0.3) is 0 Å². The molecular weight excluding hydrogens is 668 g/mol. The fraction of sp³-hybridized carbons (Fsp3) is 0.676. The van der Waals surface area contributed by atoms with Crippen LogP contribution in [0.2, 0.25) is 0 Å². The predicted octanol–water partition coefficient (Wildman–Crippen LogP) is 2.10. The van der Waals surface area contributed by atoms with Crippen LogP contribution in [-0.4, -0.2) is 126 Å². The molecule has 1 rings (SSSR count). The molecule has 0 aromatic heterocycles. The van der Waals surface area contributed by atoms with E-state index >= 15 is 0 Å². The van der Waals surface area contributed by atoms with E-state index in [4.69, 9.17) is 40.9 Å². The first-order valence-corrected chi connectivity index (χ1v) is 16.9. The zero-order chi connectivity index (χ0) is 40.9. The van der Waals surface area contributed by atoms with Crippen molar-refractivity contribution < 1.29 is 69.6 Å². The monoisotopic (exact) mass is 734 g/mol. The first-order chi connectivity index (χ1) is 23.7. The predicted molar refractivity (Wildman–Crippen MR) is 194 cm³/mol. The Kier molecular flexibility index (Phi) is 44.6.